The fourth-order valence-electron chi connectivity index (χ4n) is 2.40. The van der Waals surface area contributed by atoms with Crippen molar-refractivity contribution >= 4 is 5.97 Å². The van der Waals surface area contributed by atoms with Crippen LogP contribution in [0.2, 0.25) is 0 Å². The van der Waals surface area contributed by atoms with Crippen molar-refractivity contribution in [2.45, 2.75) is 26.7 Å². The van der Waals surface area contributed by atoms with Crippen molar-refractivity contribution in [3.8, 4) is 22.9 Å². The summed E-state index contributed by atoms with van der Waals surface area (Å²) in [5.41, 5.74) is 1.76. The third kappa shape index (κ3) is 4.95. The molecule has 0 aliphatic rings. The van der Waals surface area contributed by atoms with Crippen molar-refractivity contribution in [3.05, 3.63) is 51.9 Å². The number of rotatable bonds is 7. The van der Waals surface area contributed by atoms with Gasteiger partial charge in [-0.1, -0.05) is 12.1 Å². The van der Waals surface area contributed by atoms with Crippen LogP contribution in [0.3, 0.4) is 0 Å². The second-order valence-electron chi connectivity index (χ2n) is 5.46. The Bertz CT molecular complexity index is 832. The number of nitrogens with zero attached hydrogens (tertiary/aromatic N) is 1. The molecule has 130 valence electrons. The molecule has 1 heterocycles. The highest BCUT2D eigenvalue weighted by Crippen LogP contribution is 2.24. The standard InChI is InChI=1S/C19H20N2O4/c1-3-24-18(22)5-4-10-25-15-8-6-14(7-9-15)16-11-13(2)21-19(23)17(16)12-20/h6-9,11H,3-5,10H2,1-2H3,(H,21,23). The molecule has 1 N–H and O–H groups in total. The first-order chi connectivity index (χ1) is 12.0. The molecule has 0 saturated heterocycles. The van der Waals surface area contributed by atoms with Gasteiger partial charge < -0.3 is 14.5 Å². The van der Waals surface area contributed by atoms with Crippen LogP contribution in [0.1, 0.15) is 31.0 Å². The summed E-state index contributed by atoms with van der Waals surface area (Å²) in [6.45, 7) is 4.34. The number of hydrogen-bond donors (Lipinski definition) is 1. The molecule has 0 saturated carbocycles. The Labute approximate surface area is 146 Å². The van der Waals surface area contributed by atoms with Crippen LogP contribution in [0, 0.1) is 18.3 Å². The second kappa shape index (κ2) is 8.69. The molecule has 0 aliphatic heterocycles. The van der Waals surface area contributed by atoms with E-state index in [2.05, 4.69) is 4.98 Å². The van der Waals surface area contributed by atoms with Crippen LogP contribution in [-0.4, -0.2) is 24.2 Å². The van der Waals surface area contributed by atoms with Crippen molar-refractivity contribution in [1.82, 2.24) is 4.98 Å². The lowest BCUT2D eigenvalue weighted by Crippen LogP contribution is -2.12. The summed E-state index contributed by atoms with van der Waals surface area (Å²) in [7, 11) is 0. The van der Waals surface area contributed by atoms with E-state index in [1.54, 1.807) is 44.2 Å². The van der Waals surface area contributed by atoms with E-state index in [9.17, 15) is 14.9 Å². The summed E-state index contributed by atoms with van der Waals surface area (Å²) in [4.78, 5) is 25.7. The summed E-state index contributed by atoms with van der Waals surface area (Å²) < 4.78 is 10.4. The fraction of sp³-hybridized carbons (Fsp3) is 0.316. The van der Waals surface area contributed by atoms with Gasteiger partial charge in [0.1, 0.15) is 17.4 Å². The molecule has 1 aromatic heterocycles. The first-order valence-electron chi connectivity index (χ1n) is 8.08. The van der Waals surface area contributed by atoms with E-state index in [0.29, 0.717) is 43.1 Å². The number of hydrogen-bond acceptors (Lipinski definition) is 5. The number of carbonyl (C=O) groups excluding carboxylic acids is 1. The number of aromatic nitrogens is 1. The summed E-state index contributed by atoms with van der Waals surface area (Å²) in [5, 5.41) is 9.20. The maximum atomic E-state index is 11.9. The number of benzene rings is 1. The van der Waals surface area contributed by atoms with Gasteiger partial charge in [-0.15, -0.1) is 0 Å². The van der Waals surface area contributed by atoms with Crippen LogP contribution in [0.25, 0.3) is 11.1 Å². The lowest BCUT2D eigenvalue weighted by molar-refractivity contribution is -0.143. The van der Waals surface area contributed by atoms with E-state index in [1.165, 1.54) is 0 Å². The molecular weight excluding hydrogens is 320 g/mol. The van der Waals surface area contributed by atoms with Gasteiger partial charge in [-0.2, -0.15) is 5.26 Å². The first kappa shape index (κ1) is 18.3. The van der Waals surface area contributed by atoms with Gasteiger partial charge in [-0.05, 0) is 44.0 Å². The summed E-state index contributed by atoms with van der Waals surface area (Å²) in [6.07, 6.45) is 0.899. The molecule has 6 heteroatoms. The van der Waals surface area contributed by atoms with Gasteiger partial charge in [-0.3, -0.25) is 9.59 Å². The van der Waals surface area contributed by atoms with Crippen LogP contribution < -0.4 is 10.3 Å². The van der Waals surface area contributed by atoms with Gasteiger partial charge in [0.05, 0.1) is 13.2 Å². The quantitative estimate of drug-likeness (QED) is 0.618. The number of esters is 1. The van der Waals surface area contributed by atoms with Crippen molar-refractivity contribution < 1.29 is 14.3 Å². The Kier molecular flexibility index (Phi) is 6.35. The predicted molar refractivity (Wildman–Crippen MR) is 93.3 cm³/mol. The predicted octanol–water partition coefficient (Wildman–Crippen LogP) is 2.94. The van der Waals surface area contributed by atoms with Crippen LogP contribution in [0.15, 0.2) is 35.1 Å². The highest BCUT2D eigenvalue weighted by atomic mass is 16.5. The first-order valence-corrected chi connectivity index (χ1v) is 8.08. The van der Waals surface area contributed by atoms with Crippen LogP contribution in [-0.2, 0) is 9.53 Å². The largest absolute Gasteiger partial charge is 0.494 e. The maximum absolute atomic E-state index is 11.9. The Morgan fingerprint density at radius 2 is 2.00 bits per heavy atom. The summed E-state index contributed by atoms with van der Waals surface area (Å²) in [6, 6.07) is 10.9. The minimum absolute atomic E-state index is 0.0914. The van der Waals surface area contributed by atoms with E-state index in [1.807, 2.05) is 6.07 Å². The summed E-state index contributed by atoms with van der Waals surface area (Å²) in [5.74, 6) is 0.433. The highest BCUT2D eigenvalue weighted by Gasteiger charge is 2.10. The van der Waals surface area contributed by atoms with Gasteiger partial charge in [-0.25, -0.2) is 0 Å². The highest BCUT2D eigenvalue weighted by molar-refractivity contribution is 5.71. The molecule has 0 unspecified atom stereocenters. The van der Waals surface area contributed by atoms with Crippen molar-refractivity contribution in [3.63, 3.8) is 0 Å². The molecule has 0 fully saturated rings. The molecular formula is C19H20N2O4. The van der Waals surface area contributed by atoms with E-state index in [-0.39, 0.29) is 11.5 Å². The number of ether oxygens (including phenoxy) is 2. The van der Waals surface area contributed by atoms with Crippen LogP contribution in [0.4, 0.5) is 0 Å². The summed E-state index contributed by atoms with van der Waals surface area (Å²) >= 11 is 0. The van der Waals surface area contributed by atoms with Crippen LogP contribution >= 0.6 is 0 Å². The number of carbonyl (C=O) groups is 1. The monoisotopic (exact) mass is 340 g/mol. The number of aryl methyl sites for hydroxylation is 1. The second-order valence-corrected chi connectivity index (χ2v) is 5.46. The SMILES string of the molecule is CCOC(=O)CCCOc1ccc(-c2cc(C)[nH]c(=O)c2C#N)cc1. The average molecular weight is 340 g/mol. The zero-order valence-electron chi connectivity index (χ0n) is 14.3. The molecule has 6 nitrogen and oxygen atoms in total. The fourth-order valence-corrected chi connectivity index (χ4v) is 2.40. The normalized spacial score (nSPS) is 10.1. The average Bonchev–Trinajstić information content (AvgIpc) is 2.59. The van der Waals surface area contributed by atoms with Crippen LogP contribution in [0.5, 0.6) is 5.75 Å². The molecule has 2 rings (SSSR count). The minimum atomic E-state index is -0.392. The third-order valence-corrected chi connectivity index (χ3v) is 3.54. The van der Waals surface area contributed by atoms with Gasteiger partial charge in [0, 0.05) is 17.7 Å². The van der Waals surface area contributed by atoms with Crippen molar-refractivity contribution in [2.75, 3.05) is 13.2 Å². The number of nitrogens with one attached hydrogen (secondary N) is 1. The number of nitriles is 1. The van der Waals surface area contributed by atoms with E-state index < -0.39 is 5.56 Å². The Balaban J connectivity index is 2.03. The zero-order valence-corrected chi connectivity index (χ0v) is 14.3. The lowest BCUT2D eigenvalue weighted by Gasteiger charge is -2.08. The van der Waals surface area contributed by atoms with E-state index in [4.69, 9.17) is 9.47 Å². The molecule has 0 aliphatic carbocycles. The molecule has 0 atom stereocenters. The molecule has 0 spiro atoms. The minimum Gasteiger partial charge on any atom is -0.494 e. The topological polar surface area (TPSA) is 92.2 Å². The van der Waals surface area contributed by atoms with Gasteiger partial charge in [0.25, 0.3) is 5.56 Å². The molecule has 1 aromatic carbocycles. The van der Waals surface area contributed by atoms with Gasteiger partial charge >= 0.3 is 5.97 Å². The lowest BCUT2D eigenvalue weighted by atomic mass is 10.0. The third-order valence-electron chi connectivity index (χ3n) is 3.54. The van der Waals surface area contributed by atoms with E-state index >= 15 is 0 Å². The molecule has 25 heavy (non-hydrogen) atoms. The van der Waals surface area contributed by atoms with Gasteiger partial charge in [0.2, 0.25) is 0 Å². The number of H-pyrrole nitrogens is 1. The Hall–Kier alpha value is -3.07. The van der Waals surface area contributed by atoms with Crippen molar-refractivity contribution in [1.29, 1.82) is 5.26 Å². The van der Waals surface area contributed by atoms with Crippen molar-refractivity contribution in [2.24, 2.45) is 0 Å². The number of aromatic amines is 1. The van der Waals surface area contributed by atoms with Gasteiger partial charge in [0.15, 0.2) is 0 Å². The zero-order chi connectivity index (χ0) is 18.2. The molecule has 0 bridgehead atoms. The smallest absolute Gasteiger partial charge is 0.305 e. The maximum Gasteiger partial charge on any atom is 0.305 e. The molecule has 2 aromatic rings. The van der Waals surface area contributed by atoms with E-state index in [0.717, 1.165) is 5.56 Å². The number of pyridine rings is 1. The Morgan fingerprint density at radius 3 is 2.64 bits per heavy atom. The Morgan fingerprint density at radius 1 is 1.28 bits per heavy atom. The molecule has 0 radical (unpaired) electrons. The molecule has 0 amide bonds.